The van der Waals surface area contributed by atoms with Crippen molar-refractivity contribution in [3.8, 4) is 0 Å². The van der Waals surface area contributed by atoms with Gasteiger partial charge in [0, 0.05) is 29.3 Å². The first-order valence-electron chi connectivity index (χ1n) is 9.95. The second kappa shape index (κ2) is 9.46. The number of alkyl carbamates (subject to hydrolysis) is 1. The minimum absolute atomic E-state index is 0.282. The molecule has 0 bridgehead atoms. The van der Waals surface area contributed by atoms with Crippen LogP contribution in [-0.4, -0.2) is 41.7 Å². The third-order valence-corrected chi connectivity index (χ3v) is 6.95. The number of rotatable bonds is 6. The number of imide groups is 1. The Bertz CT molecular complexity index is 975. The van der Waals surface area contributed by atoms with Crippen molar-refractivity contribution < 1.29 is 19.1 Å². The maximum atomic E-state index is 13.6. The summed E-state index contributed by atoms with van der Waals surface area (Å²) in [5.41, 5.74) is 1.06. The van der Waals surface area contributed by atoms with E-state index in [0.29, 0.717) is 17.2 Å². The lowest BCUT2D eigenvalue weighted by Gasteiger charge is -2.28. The van der Waals surface area contributed by atoms with E-state index in [9.17, 15) is 14.4 Å². The number of likely N-dealkylation sites (N-methyl/N-ethyl adjacent to an activating group) is 1. The zero-order valence-corrected chi connectivity index (χ0v) is 19.7. The van der Waals surface area contributed by atoms with Crippen LogP contribution in [0.3, 0.4) is 0 Å². The lowest BCUT2D eigenvalue weighted by molar-refractivity contribution is -0.128. The Morgan fingerprint density at radius 1 is 1.10 bits per heavy atom. The summed E-state index contributed by atoms with van der Waals surface area (Å²) in [6, 6.07) is 16.3. The number of amides is 3. The molecule has 2 aromatic rings. The molecule has 6 nitrogen and oxygen atoms in total. The van der Waals surface area contributed by atoms with E-state index in [1.54, 1.807) is 33.9 Å². The maximum Gasteiger partial charge on any atom is 0.408 e. The number of ether oxygens (including phenoxy) is 1. The third-order valence-electron chi connectivity index (χ3n) is 4.74. The van der Waals surface area contributed by atoms with E-state index in [0.717, 1.165) is 22.2 Å². The summed E-state index contributed by atoms with van der Waals surface area (Å²) in [7, 11) is 1.59. The fourth-order valence-electron chi connectivity index (χ4n) is 3.21. The minimum atomic E-state index is -0.885. The molecule has 0 saturated heterocycles. The number of hydrogen-bond donors (Lipinski definition) is 1. The van der Waals surface area contributed by atoms with Crippen LogP contribution in [0, 0.1) is 0 Å². The molecule has 0 fully saturated rings. The zero-order chi connectivity index (χ0) is 22.6. The summed E-state index contributed by atoms with van der Waals surface area (Å²) < 4.78 is 4.87. The van der Waals surface area contributed by atoms with Gasteiger partial charge in [0.2, 0.25) is 0 Å². The fraction of sp³-hybridized carbons (Fsp3) is 0.348. The Morgan fingerprint density at radius 3 is 2.42 bits per heavy atom. The van der Waals surface area contributed by atoms with Crippen LogP contribution < -0.4 is 9.80 Å². The Kier molecular flexibility index (Phi) is 7.13. The number of benzene rings is 2. The van der Waals surface area contributed by atoms with Gasteiger partial charge in [-0.2, -0.15) is 16.2 Å². The molecule has 164 valence electrons. The lowest BCUT2D eigenvalue weighted by atomic mass is 10.2. The number of fused-ring (bicyclic) bond motifs is 1. The van der Waals surface area contributed by atoms with E-state index in [4.69, 9.17) is 4.74 Å². The topological polar surface area (TPSA) is 72.5 Å². The zero-order valence-electron chi connectivity index (χ0n) is 18.1. The first-order chi connectivity index (χ1) is 14.6. The van der Waals surface area contributed by atoms with Gasteiger partial charge in [-0.25, -0.2) is 14.4 Å². The van der Waals surface area contributed by atoms with Crippen LogP contribution >= 0.6 is 23.5 Å². The first-order valence-corrected chi connectivity index (χ1v) is 11.9. The van der Waals surface area contributed by atoms with E-state index < -0.39 is 22.2 Å². The first kappa shape index (κ1) is 23.4. The normalized spacial score (nSPS) is 18.9. The molecule has 0 spiro atoms. The Labute approximate surface area is 191 Å². The molecule has 2 aromatic carbocycles. The number of carbonyl (C=O) groups excluding carboxylic acids is 3. The average Bonchev–Trinajstić information content (AvgIpc) is 2.97. The van der Waals surface area contributed by atoms with E-state index in [1.807, 2.05) is 48.5 Å². The average molecular weight is 460 g/mol. The predicted octanol–water partition coefficient (Wildman–Crippen LogP) is 5.20. The van der Waals surface area contributed by atoms with Crippen molar-refractivity contribution in [2.45, 2.75) is 43.1 Å². The van der Waals surface area contributed by atoms with Crippen LogP contribution in [0.4, 0.5) is 15.3 Å². The van der Waals surface area contributed by atoms with Crippen molar-refractivity contribution in [3.63, 3.8) is 0 Å². The Hall–Kier alpha value is -2.29. The third kappa shape index (κ3) is 5.50. The summed E-state index contributed by atoms with van der Waals surface area (Å²) in [6.45, 7) is 5.29. The number of para-hydroxylation sites is 1. The number of nitrogens with one attached hydrogen (secondary N) is 1. The molecule has 1 aliphatic rings. The molecule has 1 unspecified atom stereocenters. The monoisotopic (exact) mass is 459 g/mol. The smallest absolute Gasteiger partial charge is 0.408 e. The molecule has 0 saturated carbocycles. The molecule has 3 rings (SSSR count). The molecule has 0 aliphatic carbocycles. The predicted molar refractivity (Wildman–Crippen MR) is 126 cm³/mol. The van der Waals surface area contributed by atoms with Crippen molar-refractivity contribution in [1.82, 2.24) is 9.80 Å². The van der Waals surface area contributed by atoms with Gasteiger partial charge in [-0.05, 0) is 32.4 Å². The highest BCUT2D eigenvalue weighted by Gasteiger charge is 2.53. The van der Waals surface area contributed by atoms with Crippen LogP contribution in [0.25, 0.3) is 0 Å². The van der Waals surface area contributed by atoms with Crippen molar-refractivity contribution >= 4 is 46.5 Å². The fourth-order valence-corrected chi connectivity index (χ4v) is 5.28. The number of hydrogen-bond acceptors (Lipinski definition) is 6. The van der Waals surface area contributed by atoms with Gasteiger partial charge in [0.15, 0.2) is 11.7 Å². The van der Waals surface area contributed by atoms with Crippen LogP contribution in [0.2, 0.25) is 0 Å². The van der Waals surface area contributed by atoms with Crippen molar-refractivity contribution in [3.05, 3.63) is 60.2 Å². The van der Waals surface area contributed by atoms with Gasteiger partial charge in [0.05, 0.1) is 11.9 Å². The molecule has 0 radical (unpaired) electrons. The summed E-state index contributed by atoms with van der Waals surface area (Å²) >= 11 is 2.58. The van der Waals surface area contributed by atoms with Crippen LogP contribution in [-0.2, 0) is 15.3 Å². The van der Waals surface area contributed by atoms with Gasteiger partial charge in [-0.1, -0.05) is 42.5 Å². The van der Waals surface area contributed by atoms with Crippen molar-refractivity contribution in [2.24, 2.45) is 0 Å². The standard InChI is InChI=1S/C23H26N2O4S2/c1-23(2,3)29-21(27)24-17(15-30-14-16-10-6-5-7-11-16)20(26)25(4)18-12-8-9-13-19(18)31-22(25)28/h5-13,17H,14-15H2,1-4H3/p+1/t17-,25?/m0/s1. The molecule has 1 aliphatic heterocycles. The largest absolute Gasteiger partial charge is 0.444 e. The summed E-state index contributed by atoms with van der Waals surface area (Å²) in [5, 5.41) is 2.42. The Morgan fingerprint density at radius 2 is 1.74 bits per heavy atom. The quantitative estimate of drug-likeness (QED) is 0.599. The molecule has 1 heterocycles. The molecule has 2 atom stereocenters. The van der Waals surface area contributed by atoms with Gasteiger partial charge < -0.3 is 10.1 Å². The van der Waals surface area contributed by atoms with Gasteiger partial charge in [0.25, 0.3) is 0 Å². The summed E-state index contributed by atoms with van der Waals surface area (Å²) in [4.78, 5) is 39.7. The van der Waals surface area contributed by atoms with Gasteiger partial charge in [0.1, 0.15) is 5.60 Å². The lowest BCUT2D eigenvalue weighted by Crippen LogP contribution is -2.61. The molecule has 8 heteroatoms. The van der Waals surface area contributed by atoms with Crippen molar-refractivity contribution in [2.75, 3.05) is 12.8 Å². The highest BCUT2D eigenvalue weighted by atomic mass is 32.2. The van der Waals surface area contributed by atoms with E-state index in [2.05, 4.69) is 5.32 Å². The molecular formula is C23H27N2O4S2+. The van der Waals surface area contributed by atoms with E-state index in [1.165, 1.54) is 11.8 Å². The molecular weight excluding hydrogens is 432 g/mol. The SMILES string of the molecule is CC(C)(C)OC(=O)N[C@@H](CSCc1ccccc1)C(=O)[N+]1(C)C(=O)Sc2ccccc21. The number of quaternary nitrogens is 1. The molecule has 31 heavy (non-hydrogen) atoms. The number of carbonyl (C=O) groups is 3. The van der Waals surface area contributed by atoms with Crippen molar-refractivity contribution in [1.29, 1.82) is 0 Å². The van der Waals surface area contributed by atoms with Gasteiger partial charge in [-0.3, -0.25) is 0 Å². The molecule has 1 N–H and O–H groups in total. The number of nitrogens with zero attached hydrogens (tertiary/aromatic N) is 1. The molecule has 3 amide bonds. The summed E-state index contributed by atoms with van der Waals surface area (Å²) in [5.74, 6) is 0.624. The van der Waals surface area contributed by atoms with Crippen LogP contribution in [0.1, 0.15) is 26.3 Å². The van der Waals surface area contributed by atoms with Crippen LogP contribution in [0.5, 0.6) is 0 Å². The minimum Gasteiger partial charge on any atom is -0.444 e. The number of thioether (sulfide) groups is 2. The maximum absolute atomic E-state index is 13.6. The second-order valence-electron chi connectivity index (χ2n) is 8.38. The van der Waals surface area contributed by atoms with E-state index >= 15 is 0 Å². The van der Waals surface area contributed by atoms with Gasteiger partial charge in [-0.15, -0.1) is 0 Å². The van der Waals surface area contributed by atoms with Gasteiger partial charge >= 0.3 is 17.2 Å². The highest BCUT2D eigenvalue weighted by Crippen LogP contribution is 2.44. The molecule has 0 aromatic heterocycles. The second-order valence-corrected chi connectivity index (χ2v) is 10.4. The van der Waals surface area contributed by atoms with Crippen LogP contribution in [0.15, 0.2) is 59.5 Å². The highest BCUT2D eigenvalue weighted by molar-refractivity contribution is 8.14. The van der Waals surface area contributed by atoms with E-state index in [-0.39, 0.29) is 11.1 Å². The Balaban J connectivity index is 1.81. The summed E-state index contributed by atoms with van der Waals surface area (Å²) in [6.07, 6.45) is -0.676.